The van der Waals surface area contributed by atoms with Crippen LogP contribution in [0.2, 0.25) is 0 Å². The Hall–Kier alpha value is -1.73. The van der Waals surface area contributed by atoms with Crippen LogP contribution in [0.5, 0.6) is 0 Å². The fourth-order valence-electron chi connectivity index (χ4n) is 1.44. The lowest BCUT2D eigenvalue weighted by Crippen LogP contribution is -2.14. The molecule has 0 radical (unpaired) electrons. The molecule has 2 N–H and O–H groups in total. The van der Waals surface area contributed by atoms with Gasteiger partial charge in [0.05, 0.1) is 5.56 Å². The van der Waals surface area contributed by atoms with Crippen LogP contribution in [-0.2, 0) is 0 Å². The first-order valence-electron chi connectivity index (χ1n) is 5.24. The molecule has 0 unspecified atom stereocenters. The number of carboxylic acids is 1. The predicted molar refractivity (Wildman–Crippen MR) is 75.9 cm³/mol. The number of aromatic carboxylic acids is 1. The smallest absolute Gasteiger partial charge is 0.338 e. The molecule has 19 heavy (non-hydrogen) atoms. The molecule has 0 atom stereocenters. The minimum atomic E-state index is -1.07. The van der Waals surface area contributed by atoms with Crippen molar-refractivity contribution in [1.82, 2.24) is 4.98 Å². The number of rotatable bonds is 3. The Labute approximate surface area is 121 Å². The number of nitrogens with one attached hydrogen (secondary N) is 1. The van der Waals surface area contributed by atoms with Crippen molar-refractivity contribution >= 4 is 44.1 Å². The molecule has 5 nitrogen and oxygen atoms in total. The third-order valence-corrected chi connectivity index (χ3v) is 3.71. The number of carbonyl (C=O) groups is 2. The molecule has 0 spiro atoms. The van der Waals surface area contributed by atoms with Crippen LogP contribution in [0.1, 0.15) is 25.7 Å². The van der Waals surface area contributed by atoms with Crippen molar-refractivity contribution in [3.63, 3.8) is 0 Å². The summed E-state index contributed by atoms with van der Waals surface area (Å²) in [5.74, 6) is -1.50. The molecule has 0 saturated heterocycles. The maximum Gasteiger partial charge on any atom is 0.338 e. The summed E-state index contributed by atoms with van der Waals surface area (Å²) in [5, 5.41) is 11.9. The highest BCUT2D eigenvalue weighted by atomic mass is 79.9. The Balaban J connectivity index is 2.24. The highest BCUT2D eigenvalue weighted by molar-refractivity contribution is 9.10. The summed E-state index contributed by atoms with van der Waals surface area (Å²) in [7, 11) is 0. The number of hydrogen-bond acceptors (Lipinski definition) is 4. The van der Waals surface area contributed by atoms with Gasteiger partial charge in [0.1, 0.15) is 10.7 Å². The summed E-state index contributed by atoms with van der Waals surface area (Å²) in [6.07, 6.45) is 1.51. The van der Waals surface area contributed by atoms with Gasteiger partial charge in [-0.3, -0.25) is 4.79 Å². The lowest BCUT2D eigenvalue weighted by Gasteiger charge is -2.03. The molecule has 0 aliphatic carbocycles. The highest BCUT2D eigenvalue weighted by Gasteiger charge is 2.17. The van der Waals surface area contributed by atoms with Crippen LogP contribution >= 0.6 is 27.3 Å². The van der Waals surface area contributed by atoms with Crippen molar-refractivity contribution in [3.05, 3.63) is 45.0 Å². The topological polar surface area (TPSA) is 79.3 Å². The van der Waals surface area contributed by atoms with Gasteiger partial charge in [-0.15, -0.1) is 11.3 Å². The van der Waals surface area contributed by atoms with E-state index in [0.29, 0.717) is 5.00 Å². The van der Waals surface area contributed by atoms with Crippen molar-refractivity contribution in [2.75, 3.05) is 5.32 Å². The molecule has 0 fully saturated rings. The average molecular weight is 341 g/mol. The predicted octanol–water partition coefficient (Wildman–Crippen LogP) is 3.16. The first-order valence-corrected chi connectivity index (χ1v) is 6.85. The number of aryl methyl sites for hydroxylation is 1. The van der Waals surface area contributed by atoms with Crippen LogP contribution in [0.3, 0.4) is 0 Å². The molecule has 98 valence electrons. The average Bonchev–Trinajstić information content (AvgIpc) is 2.71. The third kappa shape index (κ3) is 3.18. The van der Waals surface area contributed by atoms with E-state index in [-0.39, 0.29) is 11.3 Å². The molecule has 0 saturated carbocycles. The number of anilines is 1. The normalized spacial score (nSPS) is 10.2. The molecule has 2 aromatic heterocycles. The summed E-state index contributed by atoms with van der Waals surface area (Å²) in [6, 6.07) is 4.78. The van der Waals surface area contributed by atoms with E-state index < -0.39 is 11.9 Å². The van der Waals surface area contributed by atoms with Gasteiger partial charge in [-0.2, -0.15) is 0 Å². The van der Waals surface area contributed by atoms with Crippen LogP contribution in [0.15, 0.2) is 28.9 Å². The summed E-state index contributed by atoms with van der Waals surface area (Å²) in [4.78, 5) is 27.7. The third-order valence-electron chi connectivity index (χ3n) is 2.27. The molecule has 0 bridgehead atoms. The van der Waals surface area contributed by atoms with Crippen LogP contribution in [0.25, 0.3) is 0 Å². The number of carboxylic acid groups (broad SMARTS) is 1. The molecule has 2 heterocycles. The quantitative estimate of drug-likeness (QED) is 0.899. The second kappa shape index (κ2) is 5.50. The van der Waals surface area contributed by atoms with Gasteiger partial charge in [0.25, 0.3) is 5.91 Å². The molecule has 7 heteroatoms. The SMILES string of the molecule is Cc1cc(C(=O)O)c(NC(=O)c2ccc(Br)cn2)s1. The van der Waals surface area contributed by atoms with E-state index in [9.17, 15) is 9.59 Å². The summed E-state index contributed by atoms with van der Waals surface area (Å²) in [5.41, 5.74) is 0.318. The second-order valence-corrected chi connectivity index (χ2v) is 5.89. The number of aromatic nitrogens is 1. The van der Waals surface area contributed by atoms with Crippen LogP contribution in [0, 0.1) is 6.92 Å². The van der Waals surface area contributed by atoms with Crippen molar-refractivity contribution in [3.8, 4) is 0 Å². The second-order valence-electron chi connectivity index (χ2n) is 3.72. The minimum absolute atomic E-state index is 0.0907. The van der Waals surface area contributed by atoms with Gasteiger partial charge in [-0.05, 0) is 41.1 Å². The first-order chi connectivity index (χ1) is 8.97. The molecule has 2 aromatic rings. The number of carbonyl (C=O) groups excluding carboxylic acids is 1. The fourth-order valence-corrected chi connectivity index (χ4v) is 2.58. The number of hydrogen-bond donors (Lipinski definition) is 2. The molecule has 2 rings (SSSR count). The molecule has 0 aliphatic heterocycles. The number of pyridine rings is 1. The van der Waals surface area contributed by atoms with Crippen molar-refractivity contribution in [2.24, 2.45) is 0 Å². The van der Waals surface area contributed by atoms with Crippen LogP contribution in [0.4, 0.5) is 5.00 Å². The van der Waals surface area contributed by atoms with E-state index >= 15 is 0 Å². The number of nitrogens with zero attached hydrogens (tertiary/aromatic N) is 1. The van der Waals surface area contributed by atoms with Crippen molar-refractivity contribution in [2.45, 2.75) is 6.92 Å². The van der Waals surface area contributed by atoms with Crippen LogP contribution < -0.4 is 5.32 Å². The van der Waals surface area contributed by atoms with Gasteiger partial charge in [0.15, 0.2) is 0 Å². The first kappa shape index (κ1) is 13.7. The van der Waals surface area contributed by atoms with E-state index in [1.165, 1.54) is 23.6 Å². The Morgan fingerprint density at radius 3 is 2.74 bits per heavy atom. The maximum atomic E-state index is 11.9. The van der Waals surface area contributed by atoms with Crippen molar-refractivity contribution < 1.29 is 14.7 Å². The van der Waals surface area contributed by atoms with E-state index in [2.05, 4.69) is 26.2 Å². The van der Waals surface area contributed by atoms with E-state index in [4.69, 9.17) is 5.11 Å². The van der Waals surface area contributed by atoms with E-state index in [1.807, 2.05) is 0 Å². The number of amides is 1. The van der Waals surface area contributed by atoms with Gasteiger partial charge in [-0.1, -0.05) is 0 Å². The zero-order valence-electron chi connectivity index (χ0n) is 9.81. The maximum absolute atomic E-state index is 11.9. The zero-order chi connectivity index (χ0) is 14.0. The number of halogens is 1. The molecule has 1 amide bonds. The van der Waals surface area contributed by atoms with Crippen LogP contribution in [-0.4, -0.2) is 22.0 Å². The summed E-state index contributed by atoms with van der Waals surface area (Å²) >= 11 is 4.44. The molecular weight excluding hydrogens is 332 g/mol. The Morgan fingerprint density at radius 2 is 2.16 bits per heavy atom. The summed E-state index contributed by atoms with van der Waals surface area (Å²) in [6.45, 7) is 1.78. The fraction of sp³-hybridized carbons (Fsp3) is 0.0833. The lowest BCUT2D eigenvalue weighted by atomic mass is 10.3. The molecular formula is C12H9BrN2O3S. The minimum Gasteiger partial charge on any atom is -0.478 e. The Bertz CT molecular complexity index is 637. The van der Waals surface area contributed by atoms with Gasteiger partial charge in [0.2, 0.25) is 0 Å². The Morgan fingerprint density at radius 1 is 1.42 bits per heavy atom. The zero-order valence-corrected chi connectivity index (χ0v) is 12.2. The van der Waals surface area contributed by atoms with Crippen molar-refractivity contribution in [1.29, 1.82) is 0 Å². The van der Waals surface area contributed by atoms with Gasteiger partial charge < -0.3 is 10.4 Å². The molecule has 0 aromatic carbocycles. The van der Waals surface area contributed by atoms with E-state index in [0.717, 1.165) is 9.35 Å². The Kier molecular flexibility index (Phi) is 3.96. The number of thiophene rings is 1. The molecule has 0 aliphatic rings. The van der Waals surface area contributed by atoms with Gasteiger partial charge >= 0.3 is 5.97 Å². The largest absolute Gasteiger partial charge is 0.478 e. The van der Waals surface area contributed by atoms with Gasteiger partial charge in [-0.25, -0.2) is 9.78 Å². The standard InChI is InChI=1S/C12H9BrN2O3S/c1-6-4-8(12(17)18)11(19-6)15-10(16)9-3-2-7(13)5-14-9/h2-5H,1H3,(H,15,16)(H,17,18). The summed E-state index contributed by atoms with van der Waals surface area (Å²) < 4.78 is 0.766. The van der Waals surface area contributed by atoms with E-state index in [1.54, 1.807) is 19.1 Å². The highest BCUT2D eigenvalue weighted by Crippen LogP contribution is 2.27. The monoisotopic (exact) mass is 340 g/mol. The van der Waals surface area contributed by atoms with Gasteiger partial charge in [0, 0.05) is 15.5 Å². The lowest BCUT2D eigenvalue weighted by molar-refractivity contribution is 0.0698.